The Kier molecular flexibility index (Phi) is 1.53. The second-order valence-corrected chi connectivity index (χ2v) is 3.54. The van der Waals surface area contributed by atoms with E-state index in [4.69, 9.17) is 0 Å². The highest BCUT2D eigenvalue weighted by Gasteiger charge is 2.35. The molecule has 1 fully saturated rings. The number of hydroxylamine groups is 2. The second kappa shape index (κ2) is 1.96. The van der Waals surface area contributed by atoms with E-state index in [1.54, 1.807) is 0 Å². The minimum Gasteiger partial charge on any atom is -0.313 e. The van der Waals surface area contributed by atoms with Gasteiger partial charge in [0.05, 0.1) is 0 Å². The molecule has 0 aromatic carbocycles. The van der Waals surface area contributed by atoms with E-state index in [1.165, 1.54) is 5.06 Å². The molecule has 9 heavy (non-hydrogen) atoms. The lowest BCUT2D eigenvalue weighted by Crippen LogP contribution is -2.38. The van der Waals surface area contributed by atoms with Crippen LogP contribution < -0.4 is 0 Å². The Hall–Kier alpha value is -0.0800. The van der Waals surface area contributed by atoms with Gasteiger partial charge >= 0.3 is 0 Å². The van der Waals surface area contributed by atoms with E-state index < -0.39 is 0 Å². The molecular weight excluding hydrogens is 115 g/mol. The SMILES string of the molecule is CC1(C)CCC([13CH3])N1O. The van der Waals surface area contributed by atoms with Gasteiger partial charge in [-0.25, -0.2) is 0 Å². The fraction of sp³-hybridized carbons (Fsp3) is 1.00. The number of hydrogen-bond donors (Lipinski definition) is 1. The third-order valence-electron chi connectivity index (χ3n) is 2.21. The molecule has 0 radical (unpaired) electrons. The third kappa shape index (κ3) is 1.10. The first-order chi connectivity index (χ1) is 4.04. The zero-order chi connectivity index (χ0) is 7.07. The summed E-state index contributed by atoms with van der Waals surface area (Å²) in [4.78, 5) is 0. The van der Waals surface area contributed by atoms with Crippen molar-refractivity contribution in [1.29, 1.82) is 0 Å². The maximum atomic E-state index is 9.36. The van der Waals surface area contributed by atoms with Gasteiger partial charge in [-0.05, 0) is 33.6 Å². The highest BCUT2D eigenvalue weighted by atomic mass is 16.5. The topological polar surface area (TPSA) is 23.5 Å². The summed E-state index contributed by atoms with van der Waals surface area (Å²) >= 11 is 0. The highest BCUT2D eigenvalue weighted by molar-refractivity contribution is 4.87. The number of hydrogen-bond acceptors (Lipinski definition) is 2. The molecule has 0 aliphatic carbocycles. The van der Waals surface area contributed by atoms with Gasteiger partial charge in [-0.2, -0.15) is 5.06 Å². The highest BCUT2D eigenvalue weighted by Crippen LogP contribution is 2.30. The Morgan fingerprint density at radius 1 is 1.56 bits per heavy atom. The largest absolute Gasteiger partial charge is 0.313 e. The molecule has 1 rings (SSSR count). The van der Waals surface area contributed by atoms with Gasteiger partial charge in [0.1, 0.15) is 0 Å². The molecule has 0 aromatic heterocycles. The molecule has 0 aromatic rings. The molecular formula is C7H15NO. The van der Waals surface area contributed by atoms with Crippen molar-refractivity contribution < 1.29 is 5.21 Å². The molecule has 2 nitrogen and oxygen atoms in total. The first-order valence-electron chi connectivity index (χ1n) is 3.52. The van der Waals surface area contributed by atoms with Crippen LogP contribution in [0, 0.1) is 0 Å². The van der Waals surface area contributed by atoms with Gasteiger partial charge in [-0.3, -0.25) is 0 Å². The van der Waals surface area contributed by atoms with Crippen LogP contribution in [0.2, 0.25) is 0 Å². The summed E-state index contributed by atoms with van der Waals surface area (Å²) in [7, 11) is 0. The van der Waals surface area contributed by atoms with Gasteiger partial charge < -0.3 is 5.21 Å². The van der Waals surface area contributed by atoms with Gasteiger partial charge in [0.25, 0.3) is 0 Å². The van der Waals surface area contributed by atoms with Crippen molar-refractivity contribution in [3.8, 4) is 0 Å². The van der Waals surface area contributed by atoms with Crippen LogP contribution in [0.15, 0.2) is 0 Å². The van der Waals surface area contributed by atoms with Gasteiger partial charge in [0.15, 0.2) is 0 Å². The Morgan fingerprint density at radius 2 is 2.11 bits per heavy atom. The van der Waals surface area contributed by atoms with Crippen molar-refractivity contribution in [3.63, 3.8) is 0 Å². The number of rotatable bonds is 0. The average molecular weight is 130 g/mol. The minimum absolute atomic E-state index is 0.0133. The van der Waals surface area contributed by atoms with Crippen LogP contribution in [0.4, 0.5) is 0 Å². The molecule has 1 aliphatic heterocycles. The molecule has 54 valence electrons. The number of nitrogens with zero attached hydrogens (tertiary/aromatic N) is 1. The molecule has 0 amide bonds. The van der Waals surface area contributed by atoms with Crippen molar-refractivity contribution >= 4 is 0 Å². The molecule has 0 spiro atoms. The molecule has 1 unspecified atom stereocenters. The van der Waals surface area contributed by atoms with Crippen LogP contribution in [0.5, 0.6) is 0 Å². The van der Waals surface area contributed by atoms with Gasteiger partial charge in [0.2, 0.25) is 0 Å². The van der Waals surface area contributed by atoms with Crippen LogP contribution in [0.1, 0.15) is 33.6 Å². The summed E-state index contributed by atoms with van der Waals surface area (Å²) in [5.41, 5.74) is 0.0133. The molecule has 2 heteroatoms. The van der Waals surface area contributed by atoms with Crippen LogP contribution >= 0.6 is 0 Å². The Labute approximate surface area is 56.4 Å². The lowest BCUT2D eigenvalue weighted by Gasteiger charge is -2.27. The smallest absolute Gasteiger partial charge is 0.0408 e. The molecule has 1 aliphatic rings. The van der Waals surface area contributed by atoms with Crippen molar-refractivity contribution in [1.82, 2.24) is 5.06 Å². The van der Waals surface area contributed by atoms with Crippen molar-refractivity contribution in [2.45, 2.75) is 45.2 Å². The molecule has 1 N–H and O–H groups in total. The quantitative estimate of drug-likeness (QED) is 0.504. The van der Waals surface area contributed by atoms with E-state index in [1.807, 2.05) is 0 Å². The van der Waals surface area contributed by atoms with Crippen LogP contribution in [-0.4, -0.2) is 21.9 Å². The molecule has 1 atom stereocenters. The third-order valence-corrected chi connectivity index (χ3v) is 2.21. The predicted octanol–water partition coefficient (Wildman–Crippen LogP) is 1.64. The minimum atomic E-state index is 0.0133. The van der Waals surface area contributed by atoms with Crippen molar-refractivity contribution in [3.05, 3.63) is 0 Å². The van der Waals surface area contributed by atoms with Gasteiger partial charge in [-0.1, -0.05) is 0 Å². The van der Waals surface area contributed by atoms with Crippen LogP contribution in [-0.2, 0) is 0 Å². The second-order valence-electron chi connectivity index (χ2n) is 3.54. The van der Waals surface area contributed by atoms with Crippen LogP contribution in [0.25, 0.3) is 0 Å². The molecule has 1 heterocycles. The standard InChI is InChI=1S/C7H15NO/c1-6-4-5-7(2,3)8(6)9/h6,9H,4-5H2,1-3H3/i1+1. The van der Waals surface area contributed by atoms with Crippen LogP contribution in [0.3, 0.4) is 0 Å². The fourth-order valence-corrected chi connectivity index (χ4v) is 1.40. The summed E-state index contributed by atoms with van der Waals surface area (Å²) in [5, 5.41) is 10.8. The van der Waals surface area contributed by atoms with Crippen molar-refractivity contribution in [2.75, 3.05) is 0 Å². The molecule has 0 saturated carbocycles. The monoisotopic (exact) mass is 130 g/mol. The Morgan fingerprint density at radius 3 is 2.22 bits per heavy atom. The summed E-state index contributed by atoms with van der Waals surface area (Å²) in [6.07, 6.45) is 2.22. The lowest BCUT2D eigenvalue weighted by molar-refractivity contribution is -0.159. The van der Waals surface area contributed by atoms with E-state index in [9.17, 15) is 5.21 Å². The van der Waals surface area contributed by atoms with E-state index in [0.717, 1.165) is 12.8 Å². The van der Waals surface area contributed by atoms with E-state index in [0.29, 0.717) is 6.04 Å². The normalized spacial score (nSPS) is 35.3. The summed E-state index contributed by atoms with van der Waals surface area (Å²) < 4.78 is 0. The Bertz CT molecular complexity index is 111. The van der Waals surface area contributed by atoms with E-state index in [2.05, 4.69) is 20.8 Å². The Balaban J connectivity index is 2.62. The average Bonchev–Trinajstić information content (AvgIpc) is 1.97. The summed E-state index contributed by atoms with van der Waals surface area (Å²) in [6, 6.07) is 0.347. The molecule has 1 saturated heterocycles. The predicted molar refractivity (Wildman–Crippen MR) is 36.4 cm³/mol. The fourth-order valence-electron chi connectivity index (χ4n) is 1.40. The maximum absolute atomic E-state index is 9.36. The van der Waals surface area contributed by atoms with E-state index in [-0.39, 0.29) is 5.54 Å². The first-order valence-corrected chi connectivity index (χ1v) is 3.52. The zero-order valence-corrected chi connectivity index (χ0v) is 6.39. The summed E-state index contributed by atoms with van der Waals surface area (Å²) in [6.45, 7) is 6.18. The zero-order valence-electron chi connectivity index (χ0n) is 6.39. The maximum Gasteiger partial charge on any atom is 0.0408 e. The summed E-state index contributed by atoms with van der Waals surface area (Å²) in [5.74, 6) is 0. The van der Waals surface area contributed by atoms with Gasteiger partial charge in [-0.15, -0.1) is 0 Å². The van der Waals surface area contributed by atoms with Crippen molar-refractivity contribution in [2.24, 2.45) is 0 Å². The van der Waals surface area contributed by atoms with E-state index >= 15 is 0 Å². The lowest BCUT2D eigenvalue weighted by atomic mass is 10.0. The molecule has 0 bridgehead atoms. The first kappa shape index (κ1) is 7.03. The van der Waals surface area contributed by atoms with Gasteiger partial charge in [0, 0.05) is 11.6 Å².